The van der Waals surface area contributed by atoms with Crippen molar-refractivity contribution in [3.05, 3.63) is 99.1 Å². The van der Waals surface area contributed by atoms with Crippen LogP contribution in [0.5, 0.6) is 5.75 Å². The lowest BCUT2D eigenvalue weighted by molar-refractivity contribution is -0.387. The number of para-hydroxylation sites is 1. The SMILES string of the molecule is Cc1ccc(Sc2ccc(/C=C3/COc4ccccc4C3=O)cc2[N+](=O)[O-])cc1. The van der Waals surface area contributed by atoms with Gasteiger partial charge in [0.25, 0.3) is 5.69 Å². The van der Waals surface area contributed by atoms with Gasteiger partial charge in [0, 0.05) is 16.5 Å². The van der Waals surface area contributed by atoms with Crippen LogP contribution in [0.2, 0.25) is 0 Å². The molecular formula is C23H17NO4S. The minimum atomic E-state index is -0.396. The summed E-state index contributed by atoms with van der Waals surface area (Å²) >= 11 is 1.34. The highest BCUT2D eigenvalue weighted by Crippen LogP contribution is 2.36. The molecule has 0 saturated heterocycles. The van der Waals surface area contributed by atoms with Crippen LogP contribution < -0.4 is 4.74 Å². The van der Waals surface area contributed by atoms with Crippen LogP contribution in [-0.4, -0.2) is 17.3 Å². The number of hydrogen-bond acceptors (Lipinski definition) is 5. The molecule has 0 aliphatic carbocycles. The molecule has 0 N–H and O–H groups in total. The van der Waals surface area contributed by atoms with Crippen molar-refractivity contribution in [2.24, 2.45) is 0 Å². The zero-order chi connectivity index (χ0) is 20.4. The summed E-state index contributed by atoms with van der Waals surface area (Å²) in [6.07, 6.45) is 1.66. The molecule has 0 amide bonds. The highest BCUT2D eigenvalue weighted by atomic mass is 32.2. The van der Waals surface area contributed by atoms with E-state index < -0.39 is 4.92 Å². The molecule has 3 aromatic rings. The van der Waals surface area contributed by atoms with Crippen molar-refractivity contribution in [2.75, 3.05) is 6.61 Å². The van der Waals surface area contributed by atoms with E-state index in [4.69, 9.17) is 4.74 Å². The summed E-state index contributed by atoms with van der Waals surface area (Å²) in [7, 11) is 0. The Morgan fingerprint density at radius 3 is 2.59 bits per heavy atom. The van der Waals surface area contributed by atoms with Crippen LogP contribution in [0.25, 0.3) is 6.08 Å². The van der Waals surface area contributed by atoms with E-state index in [9.17, 15) is 14.9 Å². The number of hydrogen-bond donors (Lipinski definition) is 0. The number of carbonyl (C=O) groups excluding carboxylic acids is 1. The van der Waals surface area contributed by atoms with E-state index in [-0.39, 0.29) is 18.1 Å². The molecular weight excluding hydrogens is 386 g/mol. The van der Waals surface area contributed by atoms with Crippen molar-refractivity contribution in [3.63, 3.8) is 0 Å². The molecule has 1 heterocycles. The van der Waals surface area contributed by atoms with Crippen molar-refractivity contribution >= 4 is 29.3 Å². The Kier molecular flexibility index (Phi) is 5.18. The van der Waals surface area contributed by atoms with Crippen LogP contribution in [-0.2, 0) is 0 Å². The van der Waals surface area contributed by atoms with Crippen LogP contribution in [0.15, 0.2) is 82.1 Å². The van der Waals surface area contributed by atoms with Crippen LogP contribution in [0.1, 0.15) is 21.5 Å². The first kappa shape index (κ1) is 19.0. The third kappa shape index (κ3) is 4.07. The Balaban J connectivity index is 1.65. The average molecular weight is 403 g/mol. The first-order chi connectivity index (χ1) is 14.0. The first-order valence-corrected chi connectivity index (χ1v) is 9.83. The second-order valence-corrected chi connectivity index (χ2v) is 7.80. The number of nitrogens with zero attached hydrogens (tertiary/aromatic N) is 1. The van der Waals surface area contributed by atoms with E-state index in [1.807, 2.05) is 37.3 Å². The molecule has 1 aliphatic rings. The van der Waals surface area contributed by atoms with E-state index in [0.29, 0.717) is 27.3 Å². The summed E-state index contributed by atoms with van der Waals surface area (Å²) in [5.41, 5.74) is 2.71. The lowest BCUT2D eigenvalue weighted by Crippen LogP contribution is -2.18. The number of nitro benzene ring substituents is 1. The number of fused-ring (bicyclic) bond motifs is 1. The van der Waals surface area contributed by atoms with Crippen LogP contribution in [0.4, 0.5) is 5.69 Å². The number of carbonyl (C=O) groups is 1. The third-order valence-electron chi connectivity index (χ3n) is 4.58. The summed E-state index contributed by atoms with van der Waals surface area (Å²) in [6.45, 7) is 2.14. The fourth-order valence-electron chi connectivity index (χ4n) is 3.07. The normalized spacial score (nSPS) is 14.4. The van der Waals surface area contributed by atoms with Gasteiger partial charge in [-0.05, 0) is 48.9 Å². The molecule has 0 saturated carbocycles. The van der Waals surface area contributed by atoms with Crippen LogP contribution >= 0.6 is 11.8 Å². The van der Waals surface area contributed by atoms with E-state index in [2.05, 4.69) is 0 Å². The monoisotopic (exact) mass is 403 g/mol. The molecule has 0 aromatic heterocycles. The Labute approximate surface area is 172 Å². The van der Waals surface area contributed by atoms with E-state index in [1.54, 1.807) is 36.4 Å². The van der Waals surface area contributed by atoms with Gasteiger partial charge >= 0.3 is 0 Å². The van der Waals surface area contributed by atoms with Gasteiger partial charge in [-0.15, -0.1) is 0 Å². The van der Waals surface area contributed by atoms with Gasteiger partial charge < -0.3 is 4.74 Å². The summed E-state index contributed by atoms with van der Waals surface area (Å²) in [4.78, 5) is 25.4. The van der Waals surface area contributed by atoms with Crippen LogP contribution in [0.3, 0.4) is 0 Å². The maximum absolute atomic E-state index is 12.7. The van der Waals surface area contributed by atoms with Crippen molar-refractivity contribution in [2.45, 2.75) is 16.7 Å². The Morgan fingerprint density at radius 2 is 1.83 bits per heavy atom. The summed E-state index contributed by atoms with van der Waals surface area (Å²) < 4.78 is 5.64. The first-order valence-electron chi connectivity index (χ1n) is 9.01. The summed E-state index contributed by atoms with van der Waals surface area (Å²) in [5.74, 6) is 0.443. The molecule has 144 valence electrons. The minimum Gasteiger partial charge on any atom is -0.488 e. The molecule has 0 spiro atoms. The zero-order valence-electron chi connectivity index (χ0n) is 15.6. The molecule has 29 heavy (non-hydrogen) atoms. The molecule has 0 radical (unpaired) electrons. The summed E-state index contributed by atoms with van der Waals surface area (Å²) in [5, 5.41) is 11.6. The minimum absolute atomic E-state index is 0.00880. The Bertz CT molecular complexity index is 1140. The predicted molar refractivity (Wildman–Crippen MR) is 113 cm³/mol. The highest BCUT2D eigenvalue weighted by Gasteiger charge is 2.23. The van der Waals surface area contributed by atoms with Gasteiger partial charge in [-0.3, -0.25) is 14.9 Å². The predicted octanol–water partition coefficient (Wildman–Crippen LogP) is 5.71. The van der Waals surface area contributed by atoms with E-state index in [0.717, 1.165) is 10.5 Å². The molecule has 5 nitrogen and oxygen atoms in total. The average Bonchev–Trinajstić information content (AvgIpc) is 2.73. The maximum atomic E-state index is 12.7. The molecule has 4 rings (SSSR count). The van der Waals surface area contributed by atoms with E-state index >= 15 is 0 Å². The number of aryl methyl sites for hydroxylation is 1. The standard InChI is InChI=1S/C23H17NO4S/c1-15-6-9-18(10-7-15)29-22-11-8-16(13-20(22)24(26)27)12-17-14-28-21-5-3-2-4-19(21)23(17)25/h2-13H,14H2,1H3/b17-12-. The Morgan fingerprint density at radius 1 is 1.07 bits per heavy atom. The van der Waals surface area contributed by atoms with Crippen molar-refractivity contribution in [3.8, 4) is 5.75 Å². The van der Waals surface area contributed by atoms with E-state index in [1.165, 1.54) is 17.8 Å². The maximum Gasteiger partial charge on any atom is 0.283 e. The number of benzene rings is 3. The lowest BCUT2D eigenvalue weighted by atomic mass is 9.98. The molecule has 0 atom stereocenters. The Hall–Kier alpha value is -3.38. The topological polar surface area (TPSA) is 69.4 Å². The van der Waals surface area contributed by atoms with Gasteiger partial charge in [-0.25, -0.2) is 0 Å². The van der Waals surface area contributed by atoms with Crippen molar-refractivity contribution < 1.29 is 14.5 Å². The molecule has 1 aliphatic heterocycles. The second kappa shape index (κ2) is 7.93. The number of nitro groups is 1. The van der Waals surface area contributed by atoms with Gasteiger partial charge in [-0.1, -0.05) is 47.7 Å². The van der Waals surface area contributed by atoms with Crippen molar-refractivity contribution in [1.29, 1.82) is 0 Å². The number of ether oxygens (including phenoxy) is 1. The van der Waals surface area contributed by atoms with Gasteiger partial charge in [-0.2, -0.15) is 0 Å². The highest BCUT2D eigenvalue weighted by molar-refractivity contribution is 7.99. The molecule has 0 fully saturated rings. The van der Waals surface area contributed by atoms with Gasteiger partial charge in [0.15, 0.2) is 5.78 Å². The van der Waals surface area contributed by atoms with Crippen LogP contribution in [0, 0.1) is 17.0 Å². The molecule has 3 aromatic carbocycles. The largest absolute Gasteiger partial charge is 0.488 e. The van der Waals surface area contributed by atoms with Gasteiger partial charge in [0.1, 0.15) is 12.4 Å². The number of ketones is 1. The number of Topliss-reactive ketones (excluding diaryl/α,β-unsaturated/α-hetero) is 1. The quantitative estimate of drug-likeness (QED) is 0.317. The fraction of sp³-hybridized carbons (Fsp3) is 0.0870. The fourth-order valence-corrected chi connectivity index (χ4v) is 3.97. The third-order valence-corrected chi connectivity index (χ3v) is 5.65. The van der Waals surface area contributed by atoms with Crippen molar-refractivity contribution in [1.82, 2.24) is 0 Å². The number of rotatable bonds is 4. The smallest absolute Gasteiger partial charge is 0.283 e. The second-order valence-electron chi connectivity index (χ2n) is 6.68. The van der Waals surface area contributed by atoms with Gasteiger partial charge in [0.2, 0.25) is 0 Å². The zero-order valence-corrected chi connectivity index (χ0v) is 16.4. The lowest BCUT2D eigenvalue weighted by Gasteiger charge is -2.18. The molecule has 6 heteroatoms. The molecule has 0 unspecified atom stereocenters. The molecule has 0 bridgehead atoms. The summed E-state index contributed by atoms with van der Waals surface area (Å²) in [6, 6.07) is 19.9. The van der Waals surface area contributed by atoms with Gasteiger partial charge in [0.05, 0.1) is 15.4 Å².